The summed E-state index contributed by atoms with van der Waals surface area (Å²) in [5.74, 6) is 0. The Morgan fingerprint density at radius 2 is 1.60 bits per heavy atom. The van der Waals surface area contributed by atoms with Crippen molar-refractivity contribution in [1.82, 2.24) is 19.8 Å². The molecule has 0 amide bonds. The summed E-state index contributed by atoms with van der Waals surface area (Å²) in [6.45, 7) is 5.96. The third kappa shape index (κ3) is 3.98. The fourth-order valence-electron chi connectivity index (χ4n) is 3.31. The van der Waals surface area contributed by atoms with Crippen LogP contribution in [0, 0.1) is 0 Å². The van der Waals surface area contributed by atoms with E-state index in [1.54, 1.807) is 0 Å². The minimum absolute atomic E-state index is 0.620. The third-order valence-electron chi connectivity index (χ3n) is 4.72. The van der Waals surface area contributed by atoms with Gasteiger partial charge in [-0.25, -0.2) is 4.98 Å². The maximum atomic E-state index is 6.40. The van der Waals surface area contributed by atoms with E-state index in [0.717, 1.165) is 61.4 Å². The van der Waals surface area contributed by atoms with Crippen LogP contribution in [0.2, 0.25) is 5.15 Å². The molecule has 0 N–H and O–H groups in total. The number of rotatable bonds is 4. The van der Waals surface area contributed by atoms with Gasteiger partial charge in [-0.2, -0.15) is 0 Å². The first kappa shape index (κ1) is 16.5. The Hall–Kier alpha value is -2.01. The molecule has 3 aromatic rings. The van der Waals surface area contributed by atoms with Gasteiger partial charge in [-0.15, -0.1) is 0 Å². The lowest BCUT2D eigenvalue weighted by Crippen LogP contribution is -2.45. The average Bonchev–Trinajstić information content (AvgIpc) is 2.65. The quantitative estimate of drug-likeness (QED) is 0.671. The maximum Gasteiger partial charge on any atom is 0.134 e. The van der Waals surface area contributed by atoms with Crippen molar-refractivity contribution in [2.75, 3.05) is 26.2 Å². The second kappa shape index (κ2) is 7.48. The van der Waals surface area contributed by atoms with Crippen LogP contribution >= 0.6 is 11.6 Å². The average molecular weight is 353 g/mol. The van der Waals surface area contributed by atoms with Gasteiger partial charge in [0, 0.05) is 56.4 Å². The molecule has 3 heterocycles. The van der Waals surface area contributed by atoms with Crippen molar-refractivity contribution >= 4 is 22.5 Å². The molecule has 1 aliphatic heterocycles. The minimum Gasteiger partial charge on any atom is -0.296 e. The number of benzene rings is 1. The van der Waals surface area contributed by atoms with E-state index in [1.165, 1.54) is 0 Å². The fourth-order valence-corrected chi connectivity index (χ4v) is 3.52. The zero-order valence-corrected chi connectivity index (χ0v) is 14.9. The van der Waals surface area contributed by atoms with Crippen LogP contribution in [0.15, 0.2) is 54.7 Å². The molecular formula is C20H21ClN4. The van der Waals surface area contributed by atoms with Gasteiger partial charge in [-0.05, 0) is 24.3 Å². The zero-order chi connectivity index (χ0) is 17.1. The largest absolute Gasteiger partial charge is 0.296 e. The number of hydrogen-bond donors (Lipinski definition) is 0. The summed E-state index contributed by atoms with van der Waals surface area (Å²) in [6, 6.07) is 16.4. The molecule has 4 nitrogen and oxygen atoms in total. The molecule has 5 heteroatoms. The Balaban J connectivity index is 1.38. The number of fused-ring (bicyclic) bond motifs is 1. The van der Waals surface area contributed by atoms with Gasteiger partial charge in [0.2, 0.25) is 0 Å². The topological polar surface area (TPSA) is 32.3 Å². The van der Waals surface area contributed by atoms with Gasteiger partial charge in [-0.3, -0.25) is 14.8 Å². The lowest BCUT2D eigenvalue weighted by Gasteiger charge is -2.34. The molecule has 128 valence electrons. The van der Waals surface area contributed by atoms with Gasteiger partial charge in [0.1, 0.15) is 5.15 Å². The molecule has 4 rings (SSSR count). The molecule has 1 saturated heterocycles. The first-order valence-electron chi connectivity index (χ1n) is 8.67. The van der Waals surface area contributed by atoms with Crippen LogP contribution in [0.1, 0.15) is 11.3 Å². The molecule has 1 aliphatic rings. The van der Waals surface area contributed by atoms with Crippen molar-refractivity contribution in [3.63, 3.8) is 0 Å². The molecule has 0 unspecified atom stereocenters. The van der Waals surface area contributed by atoms with Crippen molar-refractivity contribution in [2.24, 2.45) is 0 Å². The maximum absolute atomic E-state index is 6.40. The fraction of sp³-hybridized carbons (Fsp3) is 0.300. The molecule has 1 fully saturated rings. The van der Waals surface area contributed by atoms with Crippen LogP contribution in [0.4, 0.5) is 0 Å². The minimum atomic E-state index is 0.620. The monoisotopic (exact) mass is 352 g/mol. The number of piperazine rings is 1. The van der Waals surface area contributed by atoms with E-state index in [-0.39, 0.29) is 0 Å². The zero-order valence-electron chi connectivity index (χ0n) is 14.1. The van der Waals surface area contributed by atoms with Crippen LogP contribution in [-0.4, -0.2) is 45.9 Å². The number of nitrogens with zero attached hydrogens (tertiary/aromatic N) is 4. The first-order valence-corrected chi connectivity index (χ1v) is 9.04. The molecular weight excluding hydrogens is 332 g/mol. The molecule has 0 radical (unpaired) electrons. The van der Waals surface area contributed by atoms with Gasteiger partial charge in [0.25, 0.3) is 0 Å². The molecule has 0 saturated carbocycles. The van der Waals surface area contributed by atoms with E-state index >= 15 is 0 Å². The van der Waals surface area contributed by atoms with E-state index in [0.29, 0.717) is 5.15 Å². The van der Waals surface area contributed by atoms with Gasteiger partial charge >= 0.3 is 0 Å². The number of hydrogen-bond acceptors (Lipinski definition) is 4. The smallest absolute Gasteiger partial charge is 0.134 e. The summed E-state index contributed by atoms with van der Waals surface area (Å²) in [5, 5.41) is 1.77. The summed E-state index contributed by atoms with van der Waals surface area (Å²) in [5.41, 5.74) is 3.20. The molecule has 1 aromatic carbocycles. The van der Waals surface area contributed by atoms with Gasteiger partial charge in [0.05, 0.1) is 11.2 Å². The SMILES string of the molecule is Clc1nc2ccccc2cc1CN1CCN(Cc2ccccn2)CC1. The summed E-state index contributed by atoms with van der Waals surface area (Å²) >= 11 is 6.40. The lowest BCUT2D eigenvalue weighted by atomic mass is 10.1. The van der Waals surface area contributed by atoms with Crippen LogP contribution < -0.4 is 0 Å². The highest BCUT2D eigenvalue weighted by atomic mass is 35.5. The summed E-state index contributed by atoms with van der Waals surface area (Å²) in [4.78, 5) is 13.9. The van der Waals surface area contributed by atoms with Crippen LogP contribution in [-0.2, 0) is 13.1 Å². The van der Waals surface area contributed by atoms with Crippen molar-refractivity contribution in [3.8, 4) is 0 Å². The van der Waals surface area contributed by atoms with E-state index < -0.39 is 0 Å². The van der Waals surface area contributed by atoms with E-state index in [9.17, 15) is 0 Å². The molecule has 0 spiro atoms. The normalized spacial score (nSPS) is 16.4. The highest BCUT2D eigenvalue weighted by Crippen LogP contribution is 2.22. The summed E-state index contributed by atoms with van der Waals surface area (Å²) < 4.78 is 0. The molecule has 0 bridgehead atoms. The number of aromatic nitrogens is 2. The van der Waals surface area contributed by atoms with Gasteiger partial charge < -0.3 is 0 Å². The summed E-state index contributed by atoms with van der Waals surface area (Å²) in [7, 11) is 0. The van der Waals surface area contributed by atoms with Crippen LogP contribution in [0.3, 0.4) is 0 Å². The Labute approximate surface area is 153 Å². The summed E-state index contributed by atoms with van der Waals surface area (Å²) in [6.07, 6.45) is 1.86. The lowest BCUT2D eigenvalue weighted by molar-refractivity contribution is 0.121. The second-order valence-corrected chi connectivity index (χ2v) is 6.86. The van der Waals surface area contributed by atoms with E-state index in [2.05, 4.69) is 38.0 Å². The molecule has 0 atom stereocenters. The van der Waals surface area contributed by atoms with Crippen molar-refractivity contribution in [3.05, 3.63) is 71.1 Å². The predicted molar refractivity (Wildman–Crippen MR) is 102 cm³/mol. The van der Waals surface area contributed by atoms with Crippen molar-refractivity contribution in [2.45, 2.75) is 13.1 Å². The molecule has 25 heavy (non-hydrogen) atoms. The third-order valence-corrected chi connectivity index (χ3v) is 5.05. The Bertz CT molecular complexity index is 845. The highest BCUT2D eigenvalue weighted by Gasteiger charge is 2.18. The Morgan fingerprint density at radius 3 is 2.36 bits per heavy atom. The Kier molecular flexibility index (Phi) is 4.92. The standard InChI is InChI=1S/C20H21ClN4/c21-20-17(13-16-5-1-2-7-19(16)23-20)14-24-9-11-25(12-10-24)15-18-6-3-4-8-22-18/h1-8,13H,9-12,14-15H2. The van der Waals surface area contributed by atoms with Gasteiger partial charge in [-0.1, -0.05) is 35.9 Å². The van der Waals surface area contributed by atoms with E-state index in [4.69, 9.17) is 11.6 Å². The molecule has 0 aliphatic carbocycles. The van der Waals surface area contributed by atoms with Crippen LogP contribution in [0.25, 0.3) is 10.9 Å². The Morgan fingerprint density at radius 1 is 0.880 bits per heavy atom. The first-order chi connectivity index (χ1) is 12.3. The number of para-hydroxylation sites is 1. The van der Waals surface area contributed by atoms with E-state index in [1.807, 2.05) is 36.5 Å². The second-order valence-electron chi connectivity index (χ2n) is 6.50. The highest BCUT2D eigenvalue weighted by molar-refractivity contribution is 6.30. The number of halogens is 1. The van der Waals surface area contributed by atoms with Crippen molar-refractivity contribution < 1.29 is 0 Å². The molecule has 2 aromatic heterocycles. The van der Waals surface area contributed by atoms with Crippen molar-refractivity contribution in [1.29, 1.82) is 0 Å². The number of pyridine rings is 2. The van der Waals surface area contributed by atoms with Gasteiger partial charge in [0.15, 0.2) is 0 Å². The predicted octanol–water partition coefficient (Wildman–Crippen LogP) is 3.60. The van der Waals surface area contributed by atoms with Crippen LogP contribution in [0.5, 0.6) is 0 Å².